The van der Waals surface area contributed by atoms with E-state index in [1.807, 2.05) is 5.38 Å². The van der Waals surface area contributed by atoms with Gasteiger partial charge in [-0.05, 0) is 42.7 Å². The highest BCUT2D eigenvalue weighted by atomic mass is 32.1. The molecule has 0 atom stereocenters. The molecule has 1 saturated carbocycles. The minimum atomic E-state index is -0.393. The van der Waals surface area contributed by atoms with Crippen molar-refractivity contribution in [1.82, 2.24) is 4.57 Å². The van der Waals surface area contributed by atoms with E-state index in [0.29, 0.717) is 11.7 Å². The third-order valence-corrected chi connectivity index (χ3v) is 6.21. The van der Waals surface area contributed by atoms with Gasteiger partial charge in [0, 0.05) is 23.6 Å². The van der Waals surface area contributed by atoms with Crippen LogP contribution in [0.15, 0.2) is 58.9 Å². The maximum Gasteiger partial charge on any atom is 0.269 e. The molecule has 150 valence electrons. The van der Waals surface area contributed by atoms with E-state index in [0.717, 1.165) is 41.7 Å². The molecule has 7 heteroatoms. The van der Waals surface area contributed by atoms with Crippen molar-refractivity contribution in [3.05, 3.63) is 74.6 Å². The Kier molecular flexibility index (Phi) is 5.85. The fourth-order valence-electron chi connectivity index (χ4n) is 3.88. The van der Waals surface area contributed by atoms with Crippen LogP contribution in [0.25, 0.3) is 11.3 Å². The molecule has 29 heavy (non-hydrogen) atoms. The third kappa shape index (κ3) is 4.29. The van der Waals surface area contributed by atoms with Crippen molar-refractivity contribution in [2.24, 2.45) is 4.99 Å². The summed E-state index contributed by atoms with van der Waals surface area (Å²) in [6.45, 7) is 0. The molecule has 0 N–H and O–H groups in total. The lowest BCUT2D eigenvalue weighted by Gasteiger charge is -2.20. The number of nitro groups is 1. The van der Waals surface area contributed by atoms with Gasteiger partial charge >= 0.3 is 0 Å². The first kappa shape index (κ1) is 19.5. The van der Waals surface area contributed by atoms with Crippen molar-refractivity contribution in [2.45, 2.75) is 44.6 Å². The molecule has 1 aliphatic carbocycles. The standard InChI is InChI=1S/C22H22FN3O2S/c23-19-9-5-6-10-20(19)24-22-25(17-7-3-1-2-4-8-17)21(15-29-22)16-11-13-18(14-12-16)26(27)28/h5-6,9-15,17H,1-4,7-8H2. The number of benzene rings is 2. The molecule has 2 aromatic carbocycles. The topological polar surface area (TPSA) is 60.4 Å². The molecule has 0 unspecified atom stereocenters. The Balaban J connectivity index is 1.84. The van der Waals surface area contributed by atoms with Crippen molar-refractivity contribution in [2.75, 3.05) is 0 Å². The number of aromatic nitrogens is 1. The van der Waals surface area contributed by atoms with Crippen LogP contribution in [0.1, 0.15) is 44.6 Å². The fraction of sp³-hybridized carbons (Fsp3) is 0.318. The van der Waals surface area contributed by atoms with E-state index in [9.17, 15) is 14.5 Å². The highest BCUT2D eigenvalue weighted by Gasteiger charge is 2.20. The zero-order valence-corrected chi connectivity index (χ0v) is 16.8. The first-order valence-electron chi connectivity index (χ1n) is 9.87. The molecule has 1 heterocycles. The van der Waals surface area contributed by atoms with Crippen LogP contribution in [0.5, 0.6) is 0 Å². The molecular weight excluding hydrogens is 389 g/mol. The zero-order valence-electron chi connectivity index (χ0n) is 16.0. The van der Waals surface area contributed by atoms with Gasteiger partial charge in [0.05, 0.1) is 10.6 Å². The molecule has 0 bridgehead atoms. The Hall–Kier alpha value is -2.80. The van der Waals surface area contributed by atoms with Crippen LogP contribution in [0, 0.1) is 15.9 Å². The number of para-hydroxylation sites is 1. The van der Waals surface area contributed by atoms with Crippen LogP contribution >= 0.6 is 11.3 Å². The van der Waals surface area contributed by atoms with E-state index in [1.54, 1.807) is 30.3 Å². The lowest BCUT2D eigenvalue weighted by molar-refractivity contribution is -0.384. The number of nitro benzene ring substituents is 1. The minimum absolute atomic E-state index is 0.0706. The third-order valence-electron chi connectivity index (χ3n) is 5.37. The van der Waals surface area contributed by atoms with Gasteiger partial charge in [-0.1, -0.05) is 37.8 Å². The van der Waals surface area contributed by atoms with Crippen LogP contribution < -0.4 is 4.80 Å². The molecule has 0 radical (unpaired) electrons. The minimum Gasteiger partial charge on any atom is -0.313 e. The van der Waals surface area contributed by atoms with Crippen molar-refractivity contribution in [1.29, 1.82) is 0 Å². The van der Waals surface area contributed by atoms with Crippen LogP contribution in [0.4, 0.5) is 15.8 Å². The zero-order chi connectivity index (χ0) is 20.2. The van der Waals surface area contributed by atoms with Gasteiger partial charge in [-0.15, -0.1) is 11.3 Å². The average molecular weight is 412 g/mol. The molecule has 5 nitrogen and oxygen atoms in total. The lowest BCUT2D eigenvalue weighted by atomic mass is 10.1. The Morgan fingerprint density at radius 1 is 1.03 bits per heavy atom. The quantitative estimate of drug-likeness (QED) is 0.284. The molecule has 1 aliphatic rings. The summed E-state index contributed by atoms with van der Waals surface area (Å²) in [7, 11) is 0. The summed E-state index contributed by atoms with van der Waals surface area (Å²) in [5.74, 6) is -0.342. The van der Waals surface area contributed by atoms with Gasteiger partial charge in [0.25, 0.3) is 5.69 Å². The van der Waals surface area contributed by atoms with Crippen LogP contribution in [-0.2, 0) is 0 Å². The summed E-state index contributed by atoms with van der Waals surface area (Å²) in [6.07, 6.45) is 6.89. The van der Waals surface area contributed by atoms with Gasteiger partial charge in [0.15, 0.2) is 4.80 Å². The Morgan fingerprint density at radius 2 is 1.72 bits per heavy atom. The number of hydrogen-bond acceptors (Lipinski definition) is 4. The Labute approximate surface area is 172 Å². The van der Waals surface area contributed by atoms with E-state index in [-0.39, 0.29) is 11.5 Å². The van der Waals surface area contributed by atoms with Gasteiger partial charge in [0.2, 0.25) is 0 Å². The predicted octanol–water partition coefficient (Wildman–Crippen LogP) is 6.39. The normalized spacial score (nSPS) is 16.0. The number of rotatable bonds is 4. The maximum absolute atomic E-state index is 14.2. The summed E-state index contributed by atoms with van der Waals surface area (Å²) in [6, 6.07) is 13.4. The van der Waals surface area contributed by atoms with Gasteiger partial charge < -0.3 is 4.57 Å². The van der Waals surface area contributed by atoms with E-state index >= 15 is 0 Å². The molecule has 0 aliphatic heterocycles. The number of halogens is 1. The van der Waals surface area contributed by atoms with E-state index in [2.05, 4.69) is 9.56 Å². The SMILES string of the molecule is O=[N+]([O-])c1ccc(-c2csc(=Nc3ccccc3F)n2C2CCCCCC2)cc1. The van der Waals surface area contributed by atoms with Gasteiger partial charge in [-0.2, -0.15) is 0 Å². The Bertz CT molecular complexity index is 1060. The van der Waals surface area contributed by atoms with E-state index < -0.39 is 4.92 Å². The van der Waals surface area contributed by atoms with Crippen LogP contribution in [-0.4, -0.2) is 9.49 Å². The van der Waals surface area contributed by atoms with E-state index in [4.69, 9.17) is 0 Å². The summed E-state index contributed by atoms with van der Waals surface area (Å²) >= 11 is 1.48. The lowest BCUT2D eigenvalue weighted by Crippen LogP contribution is -2.21. The second-order valence-electron chi connectivity index (χ2n) is 7.29. The van der Waals surface area contributed by atoms with Gasteiger partial charge in [0.1, 0.15) is 11.5 Å². The highest BCUT2D eigenvalue weighted by molar-refractivity contribution is 7.07. The second kappa shape index (κ2) is 8.69. The van der Waals surface area contributed by atoms with Gasteiger partial charge in [-0.3, -0.25) is 10.1 Å². The second-order valence-corrected chi connectivity index (χ2v) is 8.12. The summed E-state index contributed by atoms with van der Waals surface area (Å²) < 4.78 is 16.4. The van der Waals surface area contributed by atoms with Crippen molar-refractivity contribution in [3.8, 4) is 11.3 Å². The predicted molar refractivity (Wildman–Crippen MR) is 113 cm³/mol. The number of nitrogens with zero attached hydrogens (tertiary/aromatic N) is 3. The maximum atomic E-state index is 14.2. The summed E-state index contributed by atoms with van der Waals surface area (Å²) in [5, 5.41) is 13.0. The number of thiazole rings is 1. The largest absolute Gasteiger partial charge is 0.313 e. The molecule has 0 saturated heterocycles. The molecule has 0 spiro atoms. The Morgan fingerprint density at radius 3 is 2.38 bits per heavy atom. The molecule has 4 rings (SSSR count). The molecule has 1 fully saturated rings. The first-order chi connectivity index (χ1) is 14.1. The van der Waals surface area contributed by atoms with Crippen molar-refractivity contribution >= 4 is 22.7 Å². The summed E-state index contributed by atoms with van der Waals surface area (Å²) in [5.41, 5.74) is 2.28. The van der Waals surface area contributed by atoms with Crippen molar-refractivity contribution in [3.63, 3.8) is 0 Å². The smallest absolute Gasteiger partial charge is 0.269 e. The average Bonchev–Trinajstić information content (AvgIpc) is 2.95. The molecule has 1 aromatic heterocycles. The monoisotopic (exact) mass is 411 g/mol. The van der Waals surface area contributed by atoms with Crippen LogP contribution in [0.2, 0.25) is 0 Å². The van der Waals surface area contributed by atoms with Crippen LogP contribution in [0.3, 0.4) is 0 Å². The fourth-order valence-corrected chi connectivity index (χ4v) is 4.86. The summed E-state index contributed by atoms with van der Waals surface area (Å²) in [4.78, 5) is 16.0. The van der Waals surface area contributed by atoms with Crippen molar-refractivity contribution < 1.29 is 9.31 Å². The molecule has 3 aromatic rings. The first-order valence-corrected chi connectivity index (χ1v) is 10.8. The number of hydrogen-bond donors (Lipinski definition) is 0. The highest BCUT2D eigenvalue weighted by Crippen LogP contribution is 2.32. The number of non-ortho nitro benzene ring substituents is 1. The molecular formula is C22H22FN3O2S. The molecule has 0 amide bonds. The van der Waals surface area contributed by atoms with Gasteiger partial charge in [-0.25, -0.2) is 9.38 Å². The van der Waals surface area contributed by atoms with E-state index in [1.165, 1.54) is 42.4 Å².